The summed E-state index contributed by atoms with van der Waals surface area (Å²) in [5.74, 6) is 0.899. The van der Waals surface area contributed by atoms with E-state index in [0.717, 1.165) is 29.0 Å². The number of hydrogen-bond donors (Lipinski definition) is 1. The number of nitrogens with zero attached hydrogens (tertiary/aromatic N) is 3. The van der Waals surface area contributed by atoms with E-state index in [4.69, 9.17) is 0 Å². The highest BCUT2D eigenvalue weighted by Gasteiger charge is 2.09. The lowest BCUT2D eigenvalue weighted by Gasteiger charge is -2.05. The summed E-state index contributed by atoms with van der Waals surface area (Å²) in [6.07, 6.45) is 6.23. The van der Waals surface area contributed by atoms with Crippen molar-refractivity contribution in [1.29, 1.82) is 0 Å². The molecule has 0 spiro atoms. The minimum Gasteiger partial charge on any atom is -0.368 e. The number of thiophene rings is 1. The molecule has 0 unspecified atom stereocenters. The first-order valence-electron chi connectivity index (χ1n) is 7.83. The van der Waals surface area contributed by atoms with E-state index in [1.165, 1.54) is 16.0 Å². The van der Waals surface area contributed by atoms with Crippen molar-refractivity contribution in [2.75, 3.05) is 11.9 Å². The molecule has 3 heterocycles. The lowest BCUT2D eigenvalue weighted by molar-refractivity contribution is 0.994. The van der Waals surface area contributed by atoms with Gasteiger partial charge < -0.3 is 5.32 Å². The molecule has 0 aliphatic rings. The van der Waals surface area contributed by atoms with Crippen LogP contribution in [0.2, 0.25) is 0 Å². The average molecular weight is 332 g/mol. The highest BCUT2D eigenvalue weighted by atomic mass is 32.1. The zero-order chi connectivity index (χ0) is 16.2. The highest BCUT2D eigenvalue weighted by Crippen LogP contribution is 2.35. The molecule has 118 valence electrons. The molecule has 4 nitrogen and oxygen atoms in total. The van der Waals surface area contributed by atoms with Gasteiger partial charge in [0.05, 0.1) is 10.2 Å². The summed E-state index contributed by atoms with van der Waals surface area (Å²) >= 11 is 1.72. The molecule has 0 radical (unpaired) electrons. The van der Waals surface area contributed by atoms with E-state index >= 15 is 0 Å². The number of aromatic nitrogens is 3. The number of hydrogen-bond acceptors (Lipinski definition) is 5. The minimum atomic E-state index is 0.816. The zero-order valence-corrected chi connectivity index (χ0v) is 13.8. The molecule has 0 saturated heterocycles. The molecule has 0 saturated carbocycles. The molecule has 0 fully saturated rings. The first-order valence-corrected chi connectivity index (χ1v) is 8.64. The fourth-order valence-corrected chi connectivity index (χ4v) is 3.68. The summed E-state index contributed by atoms with van der Waals surface area (Å²) in [7, 11) is 0. The van der Waals surface area contributed by atoms with E-state index in [2.05, 4.69) is 56.7 Å². The van der Waals surface area contributed by atoms with Crippen molar-refractivity contribution in [1.82, 2.24) is 15.0 Å². The second-order valence-corrected chi connectivity index (χ2v) is 6.50. The average Bonchev–Trinajstić information content (AvgIpc) is 3.09. The number of rotatable bonds is 5. The molecule has 0 aliphatic heterocycles. The Morgan fingerprint density at radius 1 is 1.00 bits per heavy atom. The molecule has 4 rings (SSSR count). The summed E-state index contributed by atoms with van der Waals surface area (Å²) in [5.41, 5.74) is 3.41. The summed E-state index contributed by atoms with van der Waals surface area (Å²) < 4.78 is 1.10. The second kappa shape index (κ2) is 6.76. The van der Waals surface area contributed by atoms with Crippen molar-refractivity contribution < 1.29 is 0 Å². The lowest BCUT2D eigenvalue weighted by Crippen LogP contribution is -2.06. The van der Waals surface area contributed by atoms with E-state index in [9.17, 15) is 0 Å². The second-order valence-electron chi connectivity index (χ2n) is 5.45. The van der Waals surface area contributed by atoms with Crippen molar-refractivity contribution in [2.45, 2.75) is 6.42 Å². The number of pyridine rings is 1. The Kier molecular flexibility index (Phi) is 4.16. The third-order valence-electron chi connectivity index (χ3n) is 3.80. The first kappa shape index (κ1) is 14.8. The normalized spacial score (nSPS) is 10.8. The van der Waals surface area contributed by atoms with Crippen LogP contribution in [-0.4, -0.2) is 21.5 Å². The van der Waals surface area contributed by atoms with Gasteiger partial charge in [0.25, 0.3) is 0 Å². The van der Waals surface area contributed by atoms with Crippen molar-refractivity contribution in [3.8, 4) is 10.4 Å². The van der Waals surface area contributed by atoms with Crippen LogP contribution in [0.4, 0.5) is 5.82 Å². The van der Waals surface area contributed by atoms with Crippen LogP contribution in [0.1, 0.15) is 5.56 Å². The predicted octanol–water partition coefficient (Wildman–Crippen LogP) is 4.41. The topological polar surface area (TPSA) is 50.7 Å². The maximum atomic E-state index is 4.42. The van der Waals surface area contributed by atoms with Crippen LogP contribution in [0.5, 0.6) is 0 Å². The van der Waals surface area contributed by atoms with E-state index < -0.39 is 0 Å². The van der Waals surface area contributed by atoms with Crippen molar-refractivity contribution in [3.05, 3.63) is 72.8 Å². The SMILES string of the molecule is c1ccc(-c2cc3ncnc(NCCc4cccnc4)c3s2)cc1. The van der Waals surface area contributed by atoms with Gasteiger partial charge in [0.2, 0.25) is 0 Å². The van der Waals surface area contributed by atoms with Gasteiger partial charge >= 0.3 is 0 Å². The summed E-state index contributed by atoms with van der Waals surface area (Å²) in [4.78, 5) is 14.2. The van der Waals surface area contributed by atoms with Crippen molar-refractivity contribution in [2.24, 2.45) is 0 Å². The smallest absolute Gasteiger partial charge is 0.147 e. The third-order valence-corrected chi connectivity index (χ3v) is 4.98. The number of anilines is 1. The van der Waals surface area contributed by atoms with E-state index in [-0.39, 0.29) is 0 Å². The molecule has 24 heavy (non-hydrogen) atoms. The Balaban J connectivity index is 1.56. The monoisotopic (exact) mass is 332 g/mol. The zero-order valence-electron chi connectivity index (χ0n) is 13.0. The molecule has 0 atom stereocenters. The maximum absolute atomic E-state index is 4.42. The van der Waals surface area contributed by atoms with Gasteiger partial charge in [0, 0.05) is 23.8 Å². The van der Waals surface area contributed by atoms with Gasteiger partial charge in [-0.3, -0.25) is 4.98 Å². The minimum absolute atomic E-state index is 0.816. The molecule has 4 aromatic rings. The summed E-state index contributed by atoms with van der Waals surface area (Å²) in [5, 5.41) is 3.43. The van der Waals surface area contributed by atoms with Crippen LogP contribution in [0.3, 0.4) is 0 Å². The fraction of sp³-hybridized carbons (Fsp3) is 0.105. The third kappa shape index (κ3) is 3.12. The van der Waals surface area contributed by atoms with Crippen molar-refractivity contribution in [3.63, 3.8) is 0 Å². The van der Waals surface area contributed by atoms with Crippen LogP contribution in [0, 0.1) is 0 Å². The predicted molar refractivity (Wildman–Crippen MR) is 99.3 cm³/mol. The van der Waals surface area contributed by atoms with Gasteiger partial charge in [-0.15, -0.1) is 11.3 Å². The van der Waals surface area contributed by atoms with Gasteiger partial charge in [-0.2, -0.15) is 0 Å². The van der Waals surface area contributed by atoms with Gasteiger partial charge in [-0.1, -0.05) is 36.4 Å². The Morgan fingerprint density at radius 2 is 1.92 bits per heavy atom. The van der Waals surface area contributed by atoms with E-state index in [1.807, 2.05) is 18.3 Å². The van der Waals surface area contributed by atoms with Crippen molar-refractivity contribution >= 4 is 27.4 Å². The molecule has 0 aliphatic carbocycles. The fourth-order valence-electron chi connectivity index (χ4n) is 2.60. The number of nitrogens with one attached hydrogen (secondary N) is 1. The van der Waals surface area contributed by atoms with Gasteiger partial charge in [0.1, 0.15) is 12.1 Å². The maximum Gasteiger partial charge on any atom is 0.147 e. The molecular weight excluding hydrogens is 316 g/mol. The molecule has 3 aromatic heterocycles. The van der Waals surface area contributed by atoms with E-state index in [0.29, 0.717) is 0 Å². The largest absolute Gasteiger partial charge is 0.368 e. The molecule has 0 amide bonds. The number of fused-ring (bicyclic) bond motifs is 1. The molecule has 1 aromatic carbocycles. The Morgan fingerprint density at radius 3 is 2.75 bits per heavy atom. The molecule has 0 bridgehead atoms. The highest BCUT2D eigenvalue weighted by molar-refractivity contribution is 7.22. The van der Waals surface area contributed by atoms with Gasteiger partial charge in [-0.25, -0.2) is 9.97 Å². The molecular formula is C19H16N4S. The van der Waals surface area contributed by atoms with Gasteiger partial charge in [0.15, 0.2) is 0 Å². The summed E-state index contributed by atoms with van der Waals surface area (Å²) in [6, 6.07) is 16.6. The lowest BCUT2D eigenvalue weighted by atomic mass is 10.2. The Labute approximate surface area is 144 Å². The number of benzene rings is 1. The Bertz CT molecular complexity index is 935. The van der Waals surface area contributed by atoms with Crippen LogP contribution in [0.25, 0.3) is 20.7 Å². The van der Waals surface area contributed by atoms with Crippen LogP contribution in [0.15, 0.2) is 67.3 Å². The molecule has 1 N–H and O–H groups in total. The van der Waals surface area contributed by atoms with Gasteiger partial charge in [-0.05, 0) is 29.7 Å². The van der Waals surface area contributed by atoms with Crippen LogP contribution < -0.4 is 5.32 Å². The Hall–Kier alpha value is -2.79. The first-order chi connectivity index (χ1) is 11.9. The standard InChI is InChI=1S/C19H16N4S/c1-2-6-15(7-3-1)17-11-16-18(24-17)19(23-13-22-16)21-10-8-14-5-4-9-20-12-14/h1-7,9,11-13H,8,10H2,(H,21,22,23). The van der Waals surface area contributed by atoms with E-state index in [1.54, 1.807) is 23.9 Å². The van der Waals surface area contributed by atoms with Crippen LogP contribution >= 0.6 is 11.3 Å². The quantitative estimate of drug-likeness (QED) is 0.588. The molecule has 5 heteroatoms. The van der Waals surface area contributed by atoms with Crippen LogP contribution in [-0.2, 0) is 6.42 Å². The summed E-state index contributed by atoms with van der Waals surface area (Å²) in [6.45, 7) is 0.816.